The van der Waals surface area contributed by atoms with Crippen molar-refractivity contribution < 1.29 is 23.4 Å². The minimum Gasteiger partial charge on any atom is -0.491 e. The van der Waals surface area contributed by atoms with E-state index in [4.69, 9.17) is 14.2 Å². The third-order valence-electron chi connectivity index (χ3n) is 6.76. The number of ether oxygens (including phenoxy) is 3. The third kappa shape index (κ3) is 6.01. The van der Waals surface area contributed by atoms with Crippen LogP contribution in [0.15, 0.2) is 36.4 Å². The summed E-state index contributed by atoms with van der Waals surface area (Å²) in [7, 11) is 4.01. The molecule has 2 heterocycles. The highest BCUT2D eigenvalue weighted by Crippen LogP contribution is 2.46. The molecule has 0 N–H and O–H groups in total. The molecular weight excluding hydrogens is 459 g/mol. The fraction of sp³-hybridized carbons (Fsp3) is 0.552. The molecule has 1 unspecified atom stereocenters. The summed E-state index contributed by atoms with van der Waals surface area (Å²) in [5.74, 6) is 1.23. The normalized spacial score (nSPS) is 19.1. The first kappa shape index (κ1) is 26.4. The minimum atomic E-state index is -0.424. The lowest BCUT2D eigenvalue weighted by Gasteiger charge is -2.47. The summed E-state index contributed by atoms with van der Waals surface area (Å²) in [5.41, 5.74) is 2.02. The number of rotatable bonds is 7. The van der Waals surface area contributed by atoms with E-state index >= 15 is 0 Å². The lowest BCUT2D eigenvalue weighted by atomic mass is 9.81. The quantitative estimate of drug-likeness (QED) is 0.498. The van der Waals surface area contributed by atoms with Crippen LogP contribution in [0, 0.1) is 5.82 Å². The maximum absolute atomic E-state index is 14.0. The van der Waals surface area contributed by atoms with Crippen molar-refractivity contribution in [3.05, 3.63) is 58.9 Å². The van der Waals surface area contributed by atoms with E-state index in [1.807, 2.05) is 64.9 Å². The third-order valence-corrected chi connectivity index (χ3v) is 6.76. The van der Waals surface area contributed by atoms with Crippen molar-refractivity contribution in [3.8, 4) is 11.5 Å². The molecule has 0 saturated carbocycles. The van der Waals surface area contributed by atoms with Gasteiger partial charge in [-0.3, -0.25) is 4.79 Å². The molecule has 1 spiro atoms. The Bertz CT molecular complexity index is 1080. The first-order chi connectivity index (χ1) is 17.0. The van der Waals surface area contributed by atoms with Gasteiger partial charge in [-0.1, -0.05) is 0 Å². The van der Waals surface area contributed by atoms with Crippen LogP contribution in [0.4, 0.5) is 4.39 Å². The number of hydrogen-bond acceptors (Lipinski definition) is 5. The second-order valence-corrected chi connectivity index (χ2v) is 10.9. The van der Waals surface area contributed by atoms with Crippen molar-refractivity contribution >= 4 is 5.91 Å². The summed E-state index contributed by atoms with van der Waals surface area (Å²) in [4.78, 5) is 17.4. The molecule has 2 aliphatic heterocycles. The van der Waals surface area contributed by atoms with Gasteiger partial charge in [0.05, 0.1) is 18.3 Å². The van der Waals surface area contributed by atoms with E-state index in [0.29, 0.717) is 50.2 Å². The summed E-state index contributed by atoms with van der Waals surface area (Å²) in [6.45, 7) is 9.86. The molecule has 7 heteroatoms. The molecule has 1 saturated heterocycles. The zero-order valence-electron chi connectivity index (χ0n) is 22.3. The first-order valence-electron chi connectivity index (χ1n) is 12.9. The largest absolute Gasteiger partial charge is 0.491 e. The Kier molecular flexibility index (Phi) is 7.90. The van der Waals surface area contributed by atoms with Crippen molar-refractivity contribution in [2.24, 2.45) is 0 Å². The van der Waals surface area contributed by atoms with Crippen molar-refractivity contribution in [2.45, 2.75) is 77.4 Å². The number of fused-ring (bicyclic) bond motifs is 1. The summed E-state index contributed by atoms with van der Waals surface area (Å²) in [5, 5.41) is 0. The van der Waals surface area contributed by atoms with Gasteiger partial charge >= 0.3 is 0 Å². The summed E-state index contributed by atoms with van der Waals surface area (Å²) >= 11 is 0. The molecule has 0 aliphatic carbocycles. The Morgan fingerprint density at radius 2 is 1.83 bits per heavy atom. The van der Waals surface area contributed by atoms with Crippen LogP contribution in [0.1, 0.15) is 74.5 Å². The second-order valence-electron chi connectivity index (χ2n) is 10.9. The van der Waals surface area contributed by atoms with Crippen LogP contribution in [0.2, 0.25) is 0 Å². The number of hydrogen-bond donors (Lipinski definition) is 0. The molecular formula is C29H39FN2O4. The molecule has 36 heavy (non-hydrogen) atoms. The number of amides is 1. The highest BCUT2D eigenvalue weighted by molar-refractivity contribution is 5.94. The summed E-state index contributed by atoms with van der Waals surface area (Å²) in [6, 6.07) is 10.4. The Labute approximate surface area is 214 Å². The molecule has 1 atom stereocenters. The van der Waals surface area contributed by atoms with Crippen LogP contribution >= 0.6 is 0 Å². The standard InChI is InChI=1S/C29H39FN2O4/c1-19(2)34-25-9-7-21(15-22(25)18-31(5)6)28(33)32-13-11-29(12-14-32)17-27(35-20(3)4)24-16-23(30)8-10-26(24)36-29/h7-10,15-16,19-20,27H,11-14,17-18H2,1-6H3. The number of carbonyl (C=O) groups excluding carboxylic acids is 1. The molecule has 2 aromatic rings. The molecule has 196 valence electrons. The molecule has 0 aromatic heterocycles. The lowest BCUT2D eigenvalue weighted by molar-refractivity contribution is -0.0873. The zero-order valence-corrected chi connectivity index (χ0v) is 22.3. The van der Waals surface area contributed by atoms with Gasteiger partial charge in [0, 0.05) is 55.6 Å². The monoisotopic (exact) mass is 498 g/mol. The fourth-order valence-electron chi connectivity index (χ4n) is 5.19. The number of carbonyl (C=O) groups is 1. The topological polar surface area (TPSA) is 51.2 Å². The predicted octanol–water partition coefficient (Wildman–Crippen LogP) is 5.60. The van der Waals surface area contributed by atoms with Gasteiger partial charge < -0.3 is 24.0 Å². The van der Waals surface area contributed by atoms with E-state index < -0.39 is 5.60 Å². The fourth-order valence-corrected chi connectivity index (χ4v) is 5.19. The highest BCUT2D eigenvalue weighted by atomic mass is 19.1. The van der Waals surface area contributed by atoms with Crippen LogP contribution in [-0.2, 0) is 11.3 Å². The van der Waals surface area contributed by atoms with E-state index in [1.54, 1.807) is 6.07 Å². The van der Waals surface area contributed by atoms with Crippen LogP contribution < -0.4 is 9.47 Å². The van der Waals surface area contributed by atoms with E-state index in [2.05, 4.69) is 4.90 Å². The van der Waals surface area contributed by atoms with Crippen molar-refractivity contribution in [1.29, 1.82) is 0 Å². The van der Waals surface area contributed by atoms with Gasteiger partial charge in [-0.15, -0.1) is 0 Å². The molecule has 2 aliphatic rings. The number of nitrogens with zero attached hydrogens (tertiary/aromatic N) is 2. The summed E-state index contributed by atoms with van der Waals surface area (Å²) in [6.07, 6.45) is 1.90. The van der Waals surface area contributed by atoms with Gasteiger partial charge in [-0.05, 0) is 78.2 Å². The van der Waals surface area contributed by atoms with Gasteiger partial charge in [0.15, 0.2) is 0 Å². The molecule has 0 bridgehead atoms. The molecule has 1 fully saturated rings. The zero-order chi connectivity index (χ0) is 26.0. The predicted molar refractivity (Wildman–Crippen MR) is 138 cm³/mol. The average Bonchev–Trinajstić information content (AvgIpc) is 2.80. The maximum Gasteiger partial charge on any atom is 0.253 e. The number of halogens is 1. The molecule has 0 radical (unpaired) electrons. The smallest absolute Gasteiger partial charge is 0.253 e. The van der Waals surface area contributed by atoms with Crippen LogP contribution in [0.3, 0.4) is 0 Å². The van der Waals surface area contributed by atoms with Crippen molar-refractivity contribution in [2.75, 3.05) is 27.2 Å². The van der Waals surface area contributed by atoms with Gasteiger partial charge in [0.2, 0.25) is 0 Å². The van der Waals surface area contributed by atoms with E-state index in [1.165, 1.54) is 12.1 Å². The Morgan fingerprint density at radius 3 is 2.47 bits per heavy atom. The van der Waals surface area contributed by atoms with Gasteiger partial charge in [0.1, 0.15) is 22.9 Å². The lowest BCUT2D eigenvalue weighted by Crippen LogP contribution is -2.52. The molecule has 4 rings (SSSR count). The molecule has 1 amide bonds. The second kappa shape index (κ2) is 10.8. The number of benzene rings is 2. The van der Waals surface area contributed by atoms with Gasteiger partial charge in [0.25, 0.3) is 5.91 Å². The average molecular weight is 499 g/mol. The number of piperidine rings is 1. The molecule has 6 nitrogen and oxygen atoms in total. The SMILES string of the molecule is CC(C)Oc1ccc(C(=O)N2CCC3(CC2)CC(OC(C)C)c2cc(F)ccc2O3)cc1CN(C)C. The number of likely N-dealkylation sites (tertiary alicyclic amines) is 1. The van der Waals surface area contributed by atoms with E-state index in [0.717, 1.165) is 16.9 Å². The summed E-state index contributed by atoms with van der Waals surface area (Å²) < 4.78 is 32.6. The van der Waals surface area contributed by atoms with Gasteiger partial charge in [-0.25, -0.2) is 4.39 Å². The van der Waals surface area contributed by atoms with Crippen LogP contribution in [0.5, 0.6) is 11.5 Å². The van der Waals surface area contributed by atoms with Gasteiger partial charge in [-0.2, -0.15) is 0 Å². The van der Waals surface area contributed by atoms with Crippen molar-refractivity contribution in [3.63, 3.8) is 0 Å². The Balaban J connectivity index is 1.49. The minimum absolute atomic E-state index is 0.0157. The Hall–Kier alpha value is -2.64. The van der Waals surface area contributed by atoms with Crippen LogP contribution in [-0.4, -0.2) is 60.7 Å². The maximum atomic E-state index is 14.0. The van der Waals surface area contributed by atoms with Crippen LogP contribution in [0.25, 0.3) is 0 Å². The first-order valence-corrected chi connectivity index (χ1v) is 12.9. The highest BCUT2D eigenvalue weighted by Gasteiger charge is 2.45. The molecule has 2 aromatic carbocycles. The Morgan fingerprint density at radius 1 is 1.11 bits per heavy atom. The van der Waals surface area contributed by atoms with Crippen molar-refractivity contribution in [1.82, 2.24) is 9.80 Å². The van der Waals surface area contributed by atoms with E-state index in [9.17, 15) is 9.18 Å². The van der Waals surface area contributed by atoms with E-state index in [-0.39, 0.29) is 30.0 Å².